The zero-order valence-corrected chi connectivity index (χ0v) is 10.8. The van der Waals surface area contributed by atoms with Crippen molar-refractivity contribution >= 4 is 16.7 Å². The molecule has 5 nitrogen and oxygen atoms in total. The molecule has 0 amide bonds. The number of carboxylic acid groups (broad SMARTS) is 1. The zero-order chi connectivity index (χ0) is 13.8. The normalized spacial score (nSPS) is 10.8. The second-order valence-corrected chi connectivity index (χ2v) is 4.43. The summed E-state index contributed by atoms with van der Waals surface area (Å²) in [7, 11) is 0. The lowest BCUT2D eigenvalue weighted by atomic mass is 10.1. The van der Waals surface area contributed by atoms with E-state index in [4.69, 9.17) is 0 Å². The first-order chi connectivity index (χ1) is 9.15. The molecule has 0 unspecified atom stereocenters. The molecule has 5 heteroatoms. The van der Waals surface area contributed by atoms with Crippen molar-refractivity contribution in [2.45, 2.75) is 32.7 Å². The third kappa shape index (κ3) is 2.65. The Morgan fingerprint density at radius 2 is 1.95 bits per heavy atom. The second-order valence-electron chi connectivity index (χ2n) is 4.43. The SMILES string of the molecule is CCCCCn1nc(C(=O)O)c2ccccc2c1=O. The molecule has 0 saturated carbocycles. The summed E-state index contributed by atoms with van der Waals surface area (Å²) in [6.45, 7) is 2.52. The van der Waals surface area contributed by atoms with Gasteiger partial charge in [0, 0.05) is 11.9 Å². The molecule has 1 heterocycles. The Morgan fingerprint density at radius 3 is 2.58 bits per heavy atom. The predicted octanol–water partition coefficient (Wildman–Crippen LogP) is 2.28. The van der Waals surface area contributed by atoms with Gasteiger partial charge in [0.15, 0.2) is 5.69 Å². The summed E-state index contributed by atoms with van der Waals surface area (Å²) in [6, 6.07) is 6.69. The van der Waals surface area contributed by atoms with Crippen LogP contribution < -0.4 is 5.56 Å². The minimum absolute atomic E-state index is 0.0632. The van der Waals surface area contributed by atoms with Crippen LogP contribution in [-0.4, -0.2) is 20.9 Å². The Bertz CT molecular complexity index is 661. The van der Waals surface area contributed by atoms with Gasteiger partial charge in [-0.3, -0.25) is 4.79 Å². The van der Waals surface area contributed by atoms with Crippen LogP contribution in [0.1, 0.15) is 36.7 Å². The highest BCUT2D eigenvalue weighted by Gasteiger charge is 2.14. The lowest BCUT2D eigenvalue weighted by molar-refractivity contribution is 0.0690. The van der Waals surface area contributed by atoms with Crippen LogP contribution in [0.4, 0.5) is 0 Å². The van der Waals surface area contributed by atoms with E-state index in [1.54, 1.807) is 24.3 Å². The van der Waals surface area contributed by atoms with Gasteiger partial charge in [0.05, 0.1) is 5.39 Å². The van der Waals surface area contributed by atoms with Crippen LogP contribution in [0.2, 0.25) is 0 Å². The summed E-state index contributed by atoms with van der Waals surface area (Å²) < 4.78 is 1.27. The highest BCUT2D eigenvalue weighted by atomic mass is 16.4. The fourth-order valence-electron chi connectivity index (χ4n) is 2.06. The van der Waals surface area contributed by atoms with E-state index in [1.165, 1.54) is 4.68 Å². The van der Waals surface area contributed by atoms with Gasteiger partial charge in [-0.1, -0.05) is 38.0 Å². The standard InChI is InChI=1S/C14H16N2O3/c1-2-3-6-9-16-13(17)11-8-5-4-7-10(11)12(15-16)14(18)19/h4-5,7-8H,2-3,6,9H2,1H3,(H,18,19). The van der Waals surface area contributed by atoms with Crippen LogP contribution >= 0.6 is 0 Å². The quantitative estimate of drug-likeness (QED) is 0.837. The van der Waals surface area contributed by atoms with E-state index < -0.39 is 5.97 Å². The van der Waals surface area contributed by atoms with Crippen LogP contribution in [0.15, 0.2) is 29.1 Å². The van der Waals surface area contributed by atoms with E-state index >= 15 is 0 Å². The van der Waals surface area contributed by atoms with Crippen LogP contribution in [0.3, 0.4) is 0 Å². The van der Waals surface area contributed by atoms with Crippen LogP contribution in [0, 0.1) is 0 Å². The van der Waals surface area contributed by atoms with Crippen molar-refractivity contribution < 1.29 is 9.90 Å². The van der Waals surface area contributed by atoms with Crippen molar-refractivity contribution in [3.8, 4) is 0 Å². The summed E-state index contributed by atoms with van der Waals surface area (Å²) in [6.07, 6.45) is 2.85. The van der Waals surface area contributed by atoms with Crippen molar-refractivity contribution in [1.82, 2.24) is 9.78 Å². The first kappa shape index (κ1) is 13.3. The number of aromatic carboxylic acids is 1. The van der Waals surface area contributed by atoms with Gasteiger partial charge in [0.25, 0.3) is 5.56 Å². The molecule has 19 heavy (non-hydrogen) atoms. The highest BCUT2D eigenvalue weighted by molar-refractivity contribution is 6.01. The number of aromatic nitrogens is 2. The molecule has 2 aromatic rings. The van der Waals surface area contributed by atoms with Crippen molar-refractivity contribution in [3.63, 3.8) is 0 Å². The maximum absolute atomic E-state index is 12.2. The number of rotatable bonds is 5. The van der Waals surface area contributed by atoms with Gasteiger partial charge in [-0.25, -0.2) is 9.48 Å². The number of nitrogens with zero attached hydrogens (tertiary/aromatic N) is 2. The van der Waals surface area contributed by atoms with E-state index in [9.17, 15) is 14.7 Å². The average Bonchev–Trinajstić information content (AvgIpc) is 2.41. The first-order valence-corrected chi connectivity index (χ1v) is 6.38. The molecule has 0 atom stereocenters. The largest absolute Gasteiger partial charge is 0.476 e. The topological polar surface area (TPSA) is 72.2 Å². The van der Waals surface area contributed by atoms with Gasteiger partial charge in [-0.15, -0.1) is 0 Å². The molecule has 0 aliphatic rings. The molecule has 1 aromatic carbocycles. The minimum Gasteiger partial charge on any atom is -0.476 e. The van der Waals surface area contributed by atoms with E-state index in [-0.39, 0.29) is 11.3 Å². The average molecular weight is 260 g/mol. The van der Waals surface area contributed by atoms with E-state index in [2.05, 4.69) is 12.0 Å². The third-order valence-electron chi connectivity index (χ3n) is 3.04. The summed E-state index contributed by atoms with van der Waals surface area (Å²) in [4.78, 5) is 23.4. The fourth-order valence-corrected chi connectivity index (χ4v) is 2.06. The predicted molar refractivity (Wildman–Crippen MR) is 72.5 cm³/mol. The van der Waals surface area contributed by atoms with Crippen LogP contribution in [0.25, 0.3) is 10.8 Å². The molecule has 0 saturated heterocycles. The molecule has 0 spiro atoms. The number of carbonyl (C=O) groups is 1. The number of fused-ring (bicyclic) bond motifs is 1. The summed E-state index contributed by atoms with van der Waals surface area (Å²) in [5.41, 5.74) is -0.289. The van der Waals surface area contributed by atoms with Crippen LogP contribution in [-0.2, 0) is 6.54 Å². The third-order valence-corrected chi connectivity index (χ3v) is 3.04. The number of benzene rings is 1. The number of aryl methyl sites for hydroxylation is 1. The monoisotopic (exact) mass is 260 g/mol. The highest BCUT2D eigenvalue weighted by Crippen LogP contribution is 2.13. The number of hydrogen-bond acceptors (Lipinski definition) is 3. The summed E-state index contributed by atoms with van der Waals surface area (Å²) in [5.74, 6) is -1.11. The van der Waals surface area contributed by atoms with Crippen molar-refractivity contribution in [1.29, 1.82) is 0 Å². The van der Waals surface area contributed by atoms with E-state index in [0.29, 0.717) is 17.3 Å². The molecular weight excluding hydrogens is 244 g/mol. The number of hydrogen-bond donors (Lipinski definition) is 1. The molecule has 0 aliphatic carbocycles. The van der Waals surface area contributed by atoms with Gasteiger partial charge in [0.2, 0.25) is 0 Å². The Kier molecular flexibility index (Phi) is 3.94. The van der Waals surface area contributed by atoms with Gasteiger partial charge < -0.3 is 5.11 Å². The molecule has 100 valence electrons. The van der Waals surface area contributed by atoms with Crippen LogP contribution in [0.5, 0.6) is 0 Å². The maximum atomic E-state index is 12.2. The molecule has 0 bridgehead atoms. The van der Waals surface area contributed by atoms with Gasteiger partial charge in [-0.05, 0) is 12.5 Å². The van der Waals surface area contributed by atoms with E-state index in [0.717, 1.165) is 19.3 Å². The molecule has 2 rings (SSSR count). The molecule has 0 aliphatic heterocycles. The lowest BCUT2D eigenvalue weighted by Gasteiger charge is -2.08. The van der Waals surface area contributed by atoms with E-state index in [1.807, 2.05) is 0 Å². The Labute approximate surface area is 110 Å². The molecule has 0 radical (unpaired) electrons. The fraction of sp³-hybridized carbons (Fsp3) is 0.357. The van der Waals surface area contributed by atoms with Gasteiger partial charge >= 0.3 is 5.97 Å². The minimum atomic E-state index is -1.11. The second kappa shape index (κ2) is 5.65. The Morgan fingerprint density at radius 1 is 1.26 bits per heavy atom. The molecule has 1 aromatic heterocycles. The maximum Gasteiger partial charge on any atom is 0.357 e. The Hall–Kier alpha value is -2.17. The number of carboxylic acids is 1. The van der Waals surface area contributed by atoms with Crippen molar-refractivity contribution in [2.75, 3.05) is 0 Å². The summed E-state index contributed by atoms with van der Waals surface area (Å²) in [5, 5.41) is 14.0. The molecular formula is C14H16N2O3. The van der Waals surface area contributed by atoms with Crippen molar-refractivity contribution in [2.24, 2.45) is 0 Å². The molecule has 0 fully saturated rings. The lowest BCUT2D eigenvalue weighted by Crippen LogP contribution is -2.26. The van der Waals surface area contributed by atoms with Gasteiger partial charge in [-0.2, -0.15) is 5.10 Å². The van der Waals surface area contributed by atoms with Gasteiger partial charge in [0.1, 0.15) is 0 Å². The zero-order valence-electron chi connectivity index (χ0n) is 10.8. The smallest absolute Gasteiger partial charge is 0.357 e. The van der Waals surface area contributed by atoms with Crippen molar-refractivity contribution in [3.05, 3.63) is 40.3 Å². The Balaban J connectivity index is 2.56. The summed E-state index contributed by atoms with van der Waals surface area (Å²) >= 11 is 0. The first-order valence-electron chi connectivity index (χ1n) is 6.38. The molecule has 1 N–H and O–H groups in total. The number of unbranched alkanes of at least 4 members (excludes halogenated alkanes) is 2.